The highest BCUT2D eigenvalue weighted by Crippen LogP contribution is 2.13. The van der Waals surface area contributed by atoms with Crippen LogP contribution in [0.3, 0.4) is 0 Å². The molecule has 0 fully saturated rings. The summed E-state index contributed by atoms with van der Waals surface area (Å²) in [6, 6.07) is 6.82. The predicted molar refractivity (Wildman–Crippen MR) is 68.6 cm³/mol. The van der Waals surface area contributed by atoms with Crippen LogP contribution in [0.2, 0.25) is 5.02 Å². The van der Waals surface area contributed by atoms with E-state index in [4.69, 9.17) is 16.1 Å². The fraction of sp³-hybridized carbons (Fsp3) is 0.231. The second kappa shape index (κ2) is 5.23. The van der Waals surface area contributed by atoms with Gasteiger partial charge in [-0.25, -0.2) is 0 Å². The van der Waals surface area contributed by atoms with E-state index in [-0.39, 0.29) is 5.91 Å². The molecule has 0 aliphatic rings. The second-order valence-corrected chi connectivity index (χ2v) is 4.43. The maximum Gasteiger partial charge on any atom is 0.251 e. The molecule has 1 heterocycles. The SMILES string of the molecule is Cc1noc(C)c1CNC(=O)c1cccc(Cl)c1. The van der Waals surface area contributed by atoms with Gasteiger partial charge in [0, 0.05) is 22.7 Å². The monoisotopic (exact) mass is 264 g/mol. The summed E-state index contributed by atoms with van der Waals surface area (Å²) in [4.78, 5) is 11.9. The maximum absolute atomic E-state index is 11.9. The predicted octanol–water partition coefficient (Wildman–Crippen LogP) is 2.87. The molecule has 5 heteroatoms. The molecule has 0 saturated heterocycles. The first-order valence-corrected chi connectivity index (χ1v) is 5.91. The number of aryl methyl sites for hydroxylation is 2. The van der Waals surface area contributed by atoms with Crippen LogP contribution >= 0.6 is 11.6 Å². The summed E-state index contributed by atoms with van der Waals surface area (Å²) >= 11 is 5.83. The van der Waals surface area contributed by atoms with Crippen molar-refractivity contribution in [2.45, 2.75) is 20.4 Å². The average molecular weight is 265 g/mol. The van der Waals surface area contributed by atoms with E-state index in [2.05, 4.69) is 10.5 Å². The molecule has 1 N–H and O–H groups in total. The lowest BCUT2D eigenvalue weighted by Gasteiger charge is -2.05. The van der Waals surface area contributed by atoms with Gasteiger partial charge in [-0.2, -0.15) is 0 Å². The molecule has 0 bridgehead atoms. The molecular weight excluding hydrogens is 252 g/mol. The number of halogens is 1. The van der Waals surface area contributed by atoms with Gasteiger partial charge >= 0.3 is 0 Å². The van der Waals surface area contributed by atoms with E-state index in [0.717, 1.165) is 17.0 Å². The Morgan fingerprint density at radius 1 is 1.44 bits per heavy atom. The summed E-state index contributed by atoms with van der Waals surface area (Å²) in [7, 11) is 0. The molecular formula is C13H13ClN2O2. The minimum absolute atomic E-state index is 0.169. The minimum Gasteiger partial charge on any atom is -0.361 e. The number of carbonyl (C=O) groups excluding carboxylic acids is 1. The standard InChI is InChI=1S/C13H13ClN2O2/c1-8-12(9(2)18-16-8)7-15-13(17)10-4-3-5-11(14)6-10/h3-6H,7H2,1-2H3,(H,15,17). The Morgan fingerprint density at radius 3 is 2.83 bits per heavy atom. The molecule has 2 aromatic rings. The third-order valence-electron chi connectivity index (χ3n) is 2.69. The molecule has 0 atom stereocenters. The summed E-state index contributed by atoms with van der Waals surface area (Å²) < 4.78 is 5.03. The van der Waals surface area contributed by atoms with Crippen LogP contribution in [0, 0.1) is 13.8 Å². The van der Waals surface area contributed by atoms with Gasteiger partial charge in [0.1, 0.15) is 5.76 Å². The van der Waals surface area contributed by atoms with Crippen LogP contribution in [0.15, 0.2) is 28.8 Å². The van der Waals surface area contributed by atoms with Crippen molar-refractivity contribution in [2.75, 3.05) is 0 Å². The van der Waals surface area contributed by atoms with Crippen molar-refractivity contribution < 1.29 is 9.32 Å². The van der Waals surface area contributed by atoms with Crippen molar-refractivity contribution in [2.24, 2.45) is 0 Å². The van der Waals surface area contributed by atoms with Gasteiger partial charge < -0.3 is 9.84 Å². The summed E-state index contributed by atoms with van der Waals surface area (Å²) in [5.41, 5.74) is 2.23. The lowest BCUT2D eigenvalue weighted by atomic mass is 10.2. The molecule has 18 heavy (non-hydrogen) atoms. The van der Waals surface area contributed by atoms with Gasteiger partial charge in [0.05, 0.1) is 5.69 Å². The van der Waals surface area contributed by atoms with Crippen molar-refractivity contribution in [1.29, 1.82) is 0 Å². The van der Waals surface area contributed by atoms with Crippen molar-refractivity contribution in [1.82, 2.24) is 10.5 Å². The smallest absolute Gasteiger partial charge is 0.251 e. The van der Waals surface area contributed by atoms with E-state index in [1.807, 2.05) is 13.8 Å². The Labute approximate surface area is 110 Å². The number of nitrogens with one attached hydrogen (secondary N) is 1. The average Bonchev–Trinajstić information content (AvgIpc) is 2.66. The van der Waals surface area contributed by atoms with Crippen LogP contribution < -0.4 is 5.32 Å². The third-order valence-corrected chi connectivity index (χ3v) is 2.93. The van der Waals surface area contributed by atoms with Crippen LogP contribution in [-0.2, 0) is 6.54 Å². The fourth-order valence-corrected chi connectivity index (χ4v) is 1.85. The number of hydrogen-bond acceptors (Lipinski definition) is 3. The highest BCUT2D eigenvalue weighted by atomic mass is 35.5. The number of rotatable bonds is 3. The Hall–Kier alpha value is -1.81. The zero-order valence-electron chi connectivity index (χ0n) is 10.2. The molecule has 1 aromatic heterocycles. The zero-order chi connectivity index (χ0) is 13.1. The van der Waals surface area contributed by atoms with Gasteiger partial charge in [0.25, 0.3) is 5.91 Å². The van der Waals surface area contributed by atoms with Gasteiger partial charge in [-0.15, -0.1) is 0 Å². The van der Waals surface area contributed by atoms with Gasteiger partial charge in [0.15, 0.2) is 0 Å². The maximum atomic E-state index is 11.9. The highest BCUT2D eigenvalue weighted by molar-refractivity contribution is 6.30. The van der Waals surface area contributed by atoms with Crippen molar-refractivity contribution in [3.05, 3.63) is 51.9 Å². The summed E-state index contributed by atoms with van der Waals surface area (Å²) in [6.45, 7) is 4.06. The van der Waals surface area contributed by atoms with Crippen LogP contribution in [0.1, 0.15) is 27.4 Å². The number of benzene rings is 1. The molecule has 0 spiro atoms. The molecule has 1 aromatic carbocycles. The number of nitrogens with zero attached hydrogens (tertiary/aromatic N) is 1. The van der Waals surface area contributed by atoms with Crippen molar-refractivity contribution >= 4 is 17.5 Å². The Morgan fingerprint density at radius 2 is 2.22 bits per heavy atom. The number of aromatic nitrogens is 1. The number of hydrogen-bond donors (Lipinski definition) is 1. The van der Waals surface area contributed by atoms with Crippen LogP contribution in [-0.4, -0.2) is 11.1 Å². The van der Waals surface area contributed by atoms with Crippen LogP contribution in [0.4, 0.5) is 0 Å². The van der Waals surface area contributed by atoms with E-state index >= 15 is 0 Å². The molecule has 0 aliphatic carbocycles. The molecule has 4 nitrogen and oxygen atoms in total. The first-order chi connectivity index (χ1) is 8.58. The molecule has 94 valence electrons. The Bertz CT molecular complexity index is 559. The molecule has 0 unspecified atom stereocenters. The lowest BCUT2D eigenvalue weighted by molar-refractivity contribution is 0.0951. The van der Waals surface area contributed by atoms with Crippen LogP contribution in [0.5, 0.6) is 0 Å². The molecule has 1 amide bonds. The Kier molecular flexibility index (Phi) is 3.67. The molecule has 0 aliphatic heterocycles. The summed E-state index contributed by atoms with van der Waals surface area (Å²) in [5.74, 6) is 0.552. The quantitative estimate of drug-likeness (QED) is 0.927. The normalized spacial score (nSPS) is 10.4. The lowest BCUT2D eigenvalue weighted by Crippen LogP contribution is -2.23. The number of amides is 1. The minimum atomic E-state index is -0.169. The van der Waals surface area contributed by atoms with E-state index in [9.17, 15) is 4.79 Å². The van der Waals surface area contributed by atoms with E-state index in [1.165, 1.54) is 0 Å². The molecule has 0 saturated carbocycles. The number of carbonyl (C=O) groups is 1. The second-order valence-electron chi connectivity index (χ2n) is 4.00. The van der Waals surface area contributed by atoms with Gasteiger partial charge in [-0.05, 0) is 32.0 Å². The largest absolute Gasteiger partial charge is 0.361 e. The third kappa shape index (κ3) is 2.71. The van der Waals surface area contributed by atoms with E-state index < -0.39 is 0 Å². The van der Waals surface area contributed by atoms with Crippen molar-refractivity contribution in [3.8, 4) is 0 Å². The van der Waals surface area contributed by atoms with E-state index in [1.54, 1.807) is 24.3 Å². The van der Waals surface area contributed by atoms with Crippen molar-refractivity contribution in [3.63, 3.8) is 0 Å². The van der Waals surface area contributed by atoms with Crippen LogP contribution in [0.25, 0.3) is 0 Å². The topological polar surface area (TPSA) is 55.1 Å². The van der Waals surface area contributed by atoms with Gasteiger partial charge in [-0.1, -0.05) is 22.8 Å². The van der Waals surface area contributed by atoms with Gasteiger partial charge in [0.2, 0.25) is 0 Å². The Balaban J connectivity index is 2.05. The highest BCUT2D eigenvalue weighted by Gasteiger charge is 2.11. The molecule has 2 rings (SSSR count). The summed E-state index contributed by atoms with van der Waals surface area (Å²) in [5, 5.41) is 7.19. The molecule has 0 radical (unpaired) electrons. The first kappa shape index (κ1) is 12.6. The zero-order valence-corrected chi connectivity index (χ0v) is 10.9. The van der Waals surface area contributed by atoms with E-state index in [0.29, 0.717) is 17.1 Å². The van der Waals surface area contributed by atoms with Gasteiger partial charge in [-0.3, -0.25) is 4.79 Å². The summed E-state index contributed by atoms with van der Waals surface area (Å²) in [6.07, 6.45) is 0. The fourth-order valence-electron chi connectivity index (χ4n) is 1.65. The first-order valence-electron chi connectivity index (χ1n) is 5.53.